The SMILES string of the molecule is C[Si](C)(C)c1ccc([I+]C(F)(F)C(F)(F)C(F)(F)C(F)(F)C(F)(F)C(F)(F)F)cc1.O=S(=O)([O-])C(F)(F)F. The van der Waals surface area contributed by atoms with Crippen LogP contribution in [0.15, 0.2) is 24.3 Å². The van der Waals surface area contributed by atoms with E-state index in [0.717, 1.165) is 12.1 Å². The summed E-state index contributed by atoms with van der Waals surface area (Å²) in [5, 5.41) is 0.645. The van der Waals surface area contributed by atoms with E-state index in [2.05, 4.69) is 0 Å². The molecule has 0 aliphatic carbocycles. The van der Waals surface area contributed by atoms with Crippen LogP contribution >= 0.6 is 0 Å². The molecule has 1 aromatic carbocycles. The molecule has 22 heteroatoms. The van der Waals surface area contributed by atoms with Crippen LogP contribution in [0.1, 0.15) is 0 Å². The van der Waals surface area contributed by atoms with Crippen molar-refractivity contribution >= 4 is 23.4 Å². The Balaban J connectivity index is 0.00000147. The van der Waals surface area contributed by atoms with Crippen LogP contribution in [-0.4, -0.2) is 60.3 Å². The summed E-state index contributed by atoms with van der Waals surface area (Å²) in [4.78, 5) is 0. The number of alkyl halides is 17. The molecule has 0 fully saturated rings. The molecule has 0 radical (unpaired) electrons. The molecule has 0 N–H and O–H groups in total. The van der Waals surface area contributed by atoms with Gasteiger partial charge in [0, 0.05) is 0 Å². The Kier molecular flexibility index (Phi) is 10.4. The maximum Gasteiger partial charge on any atom is 0.516 e. The summed E-state index contributed by atoms with van der Waals surface area (Å²) in [6.07, 6.45) is -7.40. The average molecular weight is 744 g/mol. The normalized spacial score (nSPS) is 15.2. The smallest absolute Gasteiger partial charge is 0.516 e. The zero-order valence-electron chi connectivity index (χ0n) is 18.4. The summed E-state index contributed by atoms with van der Waals surface area (Å²) in [6.45, 7) is 5.47. The van der Waals surface area contributed by atoms with Gasteiger partial charge in [0.25, 0.3) is 0 Å². The molecule has 0 unspecified atom stereocenters. The summed E-state index contributed by atoms with van der Waals surface area (Å²) in [5.74, 6) is -30.5. The quantitative estimate of drug-likeness (QED) is 0.108. The third-order valence-electron chi connectivity index (χ3n) is 4.12. The van der Waals surface area contributed by atoms with Gasteiger partial charge >= 0.3 is 60.5 Å². The summed E-state index contributed by atoms with van der Waals surface area (Å²) in [5.41, 5.74) is -5.65. The molecule has 1 rings (SSSR count). The van der Waals surface area contributed by atoms with E-state index in [1.165, 1.54) is 12.1 Å². The van der Waals surface area contributed by atoms with Gasteiger partial charge in [-0.1, -0.05) is 37.0 Å². The lowest BCUT2D eigenvalue weighted by Gasteiger charge is -2.36. The predicted octanol–water partition coefficient (Wildman–Crippen LogP) is 3.24. The van der Waals surface area contributed by atoms with Crippen molar-refractivity contribution in [2.24, 2.45) is 0 Å². The highest BCUT2D eigenvalue weighted by Gasteiger charge is 2.93. The molecule has 3 nitrogen and oxygen atoms in total. The molecule has 0 heterocycles. The molecule has 0 saturated heterocycles. The van der Waals surface area contributed by atoms with Gasteiger partial charge in [-0.25, -0.2) is 8.42 Å². The summed E-state index contributed by atoms with van der Waals surface area (Å²) < 4.78 is 223. The molecular formula is C16H13F16IO3SSi. The Hall–Kier alpha value is -1.04. The highest BCUT2D eigenvalue weighted by atomic mass is 127. The Bertz CT molecular complexity index is 1060. The first-order valence-corrected chi connectivity index (χ1v) is 16.0. The van der Waals surface area contributed by atoms with Crippen LogP contribution in [0.25, 0.3) is 0 Å². The van der Waals surface area contributed by atoms with Crippen LogP contribution in [-0.2, 0) is 10.1 Å². The topological polar surface area (TPSA) is 57.2 Å². The Morgan fingerprint density at radius 3 is 1.21 bits per heavy atom. The van der Waals surface area contributed by atoms with Crippen LogP contribution in [0.4, 0.5) is 70.2 Å². The van der Waals surface area contributed by atoms with Crippen molar-refractivity contribution in [1.82, 2.24) is 0 Å². The second-order valence-electron chi connectivity index (χ2n) is 8.04. The van der Waals surface area contributed by atoms with E-state index in [0.29, 0.717) is 5.19 Å². The average Bonchev–Trinajstić information content (AvgIpc) is 2.64. The minimum atomic E-state index is -7.85. The molecule has 0 aromatic heterocycles. The maximum atomic E-state index is 13.9. The summed E-state index contributed by atoms with van der Waals surface area (Å²) in [7, 11) is -8.07. The van der Waals surface area contributed by atoms with Crippen LogP contribution in [0, 0.1) is 3.57 Å². The Morgan fingerprint density at radius 1 is 0.632 bits per heavy atom. The third kappa shape index (κ3) is 7.37. The van der Waals surface area contributed by atoms with E-state index in [4.69, 9.17) is 13.0 Å². The number of hydrogen-bond acceptors (Lipinski definition) is 3. The molecule has 1 aromatic rings. The Labute approximate surface area is 214 Å². The molecule has 0 spiro atoms. The van der Waals surface area contributed by atoms with Gasteiger partial charge in [-0.15, -0.1) is 0 Å². The maximum absolute atomic E-state index is 13.9. The van der Waals surface area contributed by atoms with Crippen molar-refractivity contribution in [2.75, 3.05) is 0 Å². The second kappa shape index (κ2) is 10.7. The summed E-state index contributed by atoms with van der Waals surface area (Å²) in [6, 6.07) is 4.21. The number of hydrogen-bond donors (Lipinski definition) is 0. The van der Waals surface area contributed by atoms with Crippen molar-refractivity contribution in [2.45, 2.75) is 58.9 Å². The predicted molar refractivity (Wildman–Crippen MR) is 94.7 cm³/mol. The van der Waals surface area contributed by atoms with Gasteiger partial charge in [0.15, 0.2) is 13.7 Å². The largest absolute Gasteiger partial charge is 0.741 e. The number of benzene rings is 1. The van der Waals surface area contributed by atoms with E-state index < -0.39 is 82.3 Å². The molecule has 0 bridgehead atoms. The van der Waals surface area contributed by atoms with Gasteiger partial charge in [0.05, 0.1) is 8.07 Å². The lowest BCUT2D eigenvalue weighted by molar-refractivity contribution is -0.790. The molecular weight excluding hydrogens is 731 g/mol. The highest BCUT2D eigenvalue weighted by Crippen LogP contribution is 2.59. The van der Waals surface area contributed by atoms with E-state index >= 15 is 0 Å². The van der Waals surface area contributed by atoms with Crippen molar-refractivity contribution < 1.29 is 104 Å². The summed E-state index contributed by atoms with van der Waals surface area (Å²) >= 11 is -3.55. The van der Waals surface area contributed by atoms with Crippen molar-refractivity contribution in [3.8, 4) is 0 Å². The van der Waals surface area contributed by atoms with Gasteiger partial charge < -0.3 is 4.55 Å². The van der Waals surface area contributed by atoms with Gasteiger partial charge in [-0.2, -0.15) is 70.2 Å². The van der Waals surface area contributed by atoms with E-state index in [-0.39, 0.29) is 0 Å². The first kappa shape index (κ1) is 37.0. The lowest BCUT2D eigenvalue weighted by Crippen LogP contribution is -3.68. The van der Waals surface area contributed by atoms with Gasteiger partial charge in [-0.3, -0.25) is 0 Å². The van der Waals surface area contributed by atoms with Gasteiger partial charge in [0.1, 0.15) is 0 Å². The number of halogens is 17. The highest BCUT2D eigenvalue weighted by molar-refractivity contribution is 7.86. The molecule has 38 heavy (non-hydrogen) atoms. The van der Waals surface area contributed by atoms with E-state index in [1.54, 1.807) is 0 Å². The van der Waals surface area contributed by atoms with Gasteiger partial charge in [0.2, 0.25) is 0 Å². The molecule has 0 atom stereocenters. The van der Waals surface area contributed by atoms with Crippen LogP contribution in [0.3, 0.4) is 0 Å². The molecule has 0 aliphatic heterocycles. The minimum absolute atomic E-state index is 0.637. The zero-order chi connectivity index (χ0) is 31.2. The van der Waals surface area contributed by atoms with E-state index in [9.17, 15) is 70.2 Å². The molecule has 0 amide bonds. The third-order valence-corrected chi connectivity index (χ3v) is 9.45. The first-order valence-electron chi connectivity index (χ1n) is 8.93. The van der Waals surface area contributed by atoms with Crippen LogP contribution in [0.5, 0.6) is 0 Å². The van der Waals surface area contributed by atoms with Crippen molar-refractivity contribution in [3.05, 3.63) is 27.8 Å². The standard InChI is InChI=1S/C15H13F13ISi.CHF3O3S/c1-30(2,3)9-6-4-8(5-7-9)29-15(27,28)13(22,23)11(18,19)10(16,17)12(20,21)14(24,25)26;2-1(3,4)8(5,6)7/h4-7H,1-3H3;(H,5,6,7)/q+1;/p-1. The number of rotatable bonds is 7. The fourth-order valence-corrected chi connectivity index (χ4v) is 5.31. The molecule has 224 valence electrons. The van der Waals surface area contributed by atoms with Gasteiger partial charge in [-0.05, 0) is 12.1 Å². The fourth-order valence-electron chi connectivity index (χ4n) is 1.96. The van der Waals surface area contributed by atoms with Crippen molar-refractivity contribution in [1.29, 1.82) is 0 Å². The minimum Gasteiger partial charge on any atom is -0.741 e. The monoisotopic (exact) mass is 744 g/mol. The zero-order valence-corrected chi connectivity index (χ0v) is 22.3. The molecule has 0 aliphatic rings. The fraction of sp³-hybridized carbons (Fsp3) is 0.625. The molecule has 0 saturated carbocycles. The van der Waals surface area contributed by atoms with Crippen LogP contribution < -0.4 is 26.4 Å². The van der Waals surface area contributed by atoms with Crippen molar-refractivity contribution in [3.63, 3.8) is 0 Å². The second-order valence-corrected chi connectivity index (χ2v) is 17.6. The Morgan fingerprint density at radius 2 is 0.947 bits per heavy atom. The first-order chi connectivity index (χ1) is 16.2. The van der Waals surface area contributed by atoms with Crippen LogP contribution in [0.2, 0.25) is 19.6 Å². The van der Waals surface area contributed by atoms with E-state index in [1.807, 2.05) is 19.6 Å². The lowest BCUT2D eigenvalue weighted by atomic mass is 9.98.